The molecule has 0 saturated heterocycles. The van der Waals surface area contributed by atoms with E-state index in [2.05, 4.69) is 49.8 Å². The number of rotatable bonds is 6. The first kappa shape index (κ1) is 20.5. The maximum absolute atomic E-state index is 10.9. The second-order valence-corrected chi connectivity index (χ2v) is 7.50. The summed E-state index contributed by atoms with van der Waals surface area (Å²) in [5, 5.41) is 0. The Morgan fingerprint density at radius 1 is 0.741 bits per heavy atom. The van der Waals surface area contributed by atoms with Crippen LogP contribution in [0.3, 0.4) is 0 Å². The molecule has 2 rings (SSSR count). The Balaban J connectivity index is 2.71. The smallest absolute Gasteiger partial charge is 0.211 e. The summed E-state index contributed by atoms with van der Waals surface area (Å²) >= 11 is 0. The molecule has 0 aliphatic rings. The molecule has 0 aromatic heterocycles. The van der Waals surface area contributed by atoms with E-state index in [1.807, 2.05) is 26.0 Å². The van der Waals surface area contributed by atoms with Gasteiger partial charge in [-0.05, 0) is 65.5 Å². The predicted molar refractivity (Wildman–Crippen MR) is 109 cm³/mol. The average Bonchev–Trinajstić information content (AvgIpc) is 2.60. The van der Waals surface area contributed by atoms with Gasteiger partial charge < -0.3 is 0 Å². The fourth-order valence-electron chi connectivity index (χ4n) is 3.71. The average molecular weight is 362 g/mol. The largest absolute Gasteiger partial charge is 0.240 e. The first-order chi connectivity index (χ1) is 12.8. The molecule has 0 N–H and O–H groups in total. The van der Waals surface area contributed by atoms with E-state index in [4.69, 9.17) is 0 Å². The summed E-state index contributed by atoms with van der Waals surface area (Å²) in [4.78, 5) is 29.8. The standard InChI is InChI=1S/C23H26N2O2/c1-14(2)20-18(9-7-16(5)22(20)24-12-26)11-19-10-8-17(6)23(25-13-27)21(19)15(3)4/h7-10,14-15H,11H2,1-6H3. The molecule has 0 amide bonds. The van der Waals surface area contributed by atoms with Crippen LogP contribution < -0.4 is 0 Å². The van der Waals surface area contributed by atoms with Crippen LogP contribution in [0.4, 0.5) is 11.4 Å². The SMILES string of the molecule is Cc1ccc(Cc2ccc(C)c(N=C=O)c2C(C)C)c(C(C)C)c1N=C=O. The molecular formula is C23H26N2O2. The lowest BCUT2D eigenvalue weighted by Crippen LogP contribution is -2.04. The first-order valence-corrected chi connectivity index (χ1v) is 9.22. The van der Waals surface area contributed by atoms with E-state index in [0.717, 1.165) is 33.4 Å². The van der Waals surface area contributed by atoms with Crippen molar-refractivity contribution < 1.29 is 9.59 Å². The number of aliphatic imine (C=N–C) groups is 2. The van der Waals surface area contributed by atoms with E-state index < -0.39 is 0 Å². The summed E-state index contributed by atoms with van der Waals surface area (Å²) < 4.78 is 0. The number of benzene rings is 2. The maximum atomic E-state index is 10.9. The highest BCUT2D eigenvalue weighted by atomic mass is 16.1. The minimum absolute atomic E-state index is 0.215. The van der Waals surface area contributed by atoms with Crippen molar-refractivity contribution in [1.82, 2.24) is 0 Å². The third kappa shape index (κ3) is 4.31. The van der Waals surface area contributed by atoms with Crippen molar-refractivity contribution in [3.05, 3.63) is 57.6 Å². The van der Waals surface area contributed by atoms with Gasteiger partial charge in [-0.3, -0.25) is 0 Å². The second kappa shape index (κ2) is 8.73. The molecule has 0 aliphatic heterocycles. The summed E-state index contributed by atoms with van der Waals surface area (Å²) in [5.74, 6) is 0.430. The Morgan fingerprint density at radius 2 is 1.11 bits per heavy atom. The lowest BCUT2D eigenvalue weighted by atomic mass is 9.85. The van der Waals surface area contributed by atoms with Crippen molar-refractivity contribution >= 4 is 23.5 Å². The number of hydrogen-bond donors (Lipinski definition) is 0. The number of carbonyl (C=O) groups excluding carboxylic acids is 2. The van der Waals surface area contributed by atoms with Crippen LogP contribution in [-0.4, -0.2) is 12.2 Å². The Labute approximate surface area is 161 Å². The van der Waals surface area contributed by atoms with Crippen LogP contribution >= 0.6 is 0 Å². The zero-order valence-corrected chi connectivity index (χ0v) is 16.9. The topological polar surface area (TPSA) is 58.9 Å². The molecule has 4 nitrogen and oxygen atoms in total. The highest BCUT2D eigenvalue weighted by Gasteiger charge is 2.19. The van der Waals surface area contributed by atoms with Gasteiger partial charge in [-0.1, -0.05) is 52.0 Å². The van der Waals surface area contributed by atoms with Crippen LogP contribution in [0.1, 0.15) is 72.9 Å². The van der Waals surface area contributed by atoms with Gasteiger partial charge in [-0.15, -0.1) is 0 Å². The Kier molecular flexibility index (Phi) is 6.63. The van der Waals surface area contributed by atoms with Gasteiger partial charge in [-0.2, -0.15) is 9.98 Å². The maximum Gasteiger partial charge on any atom is 0.240 e. The molecule has 27 heavy (non-hydrogen) atoms. The Hall–Kier alpha value is -2.80. The van der Waals surface area contributed by atoms with Gasteiger partial charge >= 0.3 is 0 Å². The second-order valence-electron chi connectivity index (χ2n) is 7.50. The van der Waals surface area contributed by atoms with Crippen molar-refractivity contribution in [1.29, 1.82) is 0 Å². The molecule has 0 aliphatic carbocycles. The lowest BCUT2D eigenvalue weighted by Gasteiger charge is -2.21. The lowest BCUT2D eigenvalue weighted by molar-refractivity contribution is 0.564. The van der Waals surface area contributed by atoms with Gasteiger partial charge in [-0.25, -0.2) is 9.59 Å². The zero-order valence-electron chi connectivity index (χ0n) is 16.9. The molecule has 0 bridgehead atoms. The summed E-state index contributed by atoms with van der Waals surface area (Å²) in [6.07, 6.45) is 4.07. The van der Waals surface area contributed by atoms with Crippen LogP contribution in [0, 0.1) is 13.8 Å². The Morgan fingerprint density at radius 3 is 1.41 bits per heavy atom. The molecule has 0 unspecified atom stereocenters. The van der Waals surface area contributed by atoms with E-state index in [1.165, 1.54) is 0 Å². The van der Waals surface area contributed by atoms with Crippen molar-refractivity contribution in [2.45, 2.75) is 59.8 Å². The highest BCUT2D eigenvalue weighted by molar-refractivity contribution is 5.65. The fraction of sp³-hybridized carbons (Fsp3) is 0.391. The fourth-order valence-corrected chi connectivity index (χ4v) is 3.71. The molecule has 0 spiro atoms. The highest BCUT2D eigenvalue weighted by Crippen LogP contribution is 2.38. The van der Waals surface area contributed by atoms with Gasteiger partial charge in [0.25, 0.3) is 0 Å². The van der Waals surface area contributed by atoms with E-state index in [9.17, 15) is 9.59 Å². The van der Waals surface area contributed by atoms with Gasteiger partial charge in [0.15, 0.2) is 0 Å². The molecule has 2 aromatic rings. The molecule has 2 aromatic carbocycles. The van der Waals surface area contributed by atoms with Crippen molar-refractivity contribution in [3.8, 4) is 0 Å². The molecule has 0 radical (unpaired) electrons. The van der Waals surface area contributed by atoms with Crippen LogP contribution in [0.5, 0.6) is 0 Å². The third-order valence-electron chi connectivity index (χ3n) is 4.87. The summed E-state index contributed by atoms with van der Waals surface area (Å²) in [5.41, 5.74) is 7.72. The minimum Gasteiger partial charge on any atom is -0.211 e. The molecule has 4 heteroatoms. The van der Waals surface area contributed by atoms with E-state index >= 15 is 0 Å². The predicted octanol–water partition coefficient (Wildman–Crippen LogP) is 6.08. The van der Waals surface area contributed by atoms with Crippen LogP contribution in [-0.2, 0) is 16.0 Å². The van der Waals surface area contributed by atoms with Crippen molar-refractivity contribution in [3.63, 3.8) is 0 Å². The third-order valence-corrected chi connectivity index (χ3v) is 4.87. The van der Waals surface area contributed by atoms with Crippen LogP contribution in [0.25, 0.3) is 0 Å². The molecule has 140 valence electrons. The van der Waals surface area contributed by atoms with Crippen molar-refractivity contribution in [2.24, 2.45) is 9.98 Å². The summed E-state index contributed by atoms with van der Waals surface area (Å²) in [6.45, 7) is 12.3. The van der Waals surface area contributed by atoms with Crippen molar-refractivity contribution in [2.75, 3.05) is 0 Å². The molecule has 0 saturated carbocycles. The quantitative estimate of drug-likeness (QED) is 0.462. The first-order valence-electron chi connectivity index (χ1n) is 9.22. The minimum atomic E-state index is 0.215. The number of hydrogen-bond acceptors (Lipinski definition) is 4. The van der Waals surface area contributed by atoms with Crippen LogP contribution in [0.2, 0.25) is 0 Å². The van der Waals surface area contributed by atoms with Crippen LogP contribution in [0.15, 0.2) is 34.3 Å². The van der Waals surface area contributed by atoms with E-state index in [1.54, 1.807) is 12.2 Å². The molecule has 0 heterocycles. The molecular weight excluding hydrogens is 336 g/mol. The summed E-state index contributed by atoms with van der Waals surface area (Å²) in [7, 11) is 0. The monoisotopic (exact) mass is 362 g/mol. The number of aryl methyl sites for hydroxylation is 2. The zero-order chi connectivity index (χ0) is 20.1. The van der Waals surface area contributed by atoms with Gasteiger partial charge in [0.1, 0.15) is 0 Å². The summed E-state index contributed by atoms with van der Waals surface area (Å²) in [6, 6.07) is 8.18. The normalized spacial score (nSPS) is 10.7. The Bertz CT molecular complexity index is 868. The van der Waals surface area contributed by atoms with E-state index in [0.29, 0.717) is 17.8 Å². The molecule has 0 atom stereocenters. The molecule has 0 fully saturated rings. The number of nitrogens with zero attached hydrogens (tertiary/aromatic N) is 2. The van der Waals surface area contributed by atoms with Gasteiger partial charge in [0, 0.05) is 0 Å². The van der Waals surface area contributed by atoms with E-state index in [-0.39, 0.29) is 11.8 Å². The van der Waals surface area contributed by atoms with Gasteiger partial charge in [0.05, 0.1) is 11.4 Å². The number of isocyanates is 2. The van der Waals surface area contributed by atoms with Gasteiger partial charge in [0.2, 0.25) is 12.2 Å².